The normalized spacial score (nSPS) is 15.1. The standard InChI is InChI=1S/C18H20N2O3/c21-17(13-5-2-1-3-6-13)19-14-8-10-15(11-9-14)20-18(22)16-7-4-12-23-16/h4,7-13H,1-3,5-6H2,(H,19,21)(H,20,22). The molecular formula is C18H20N2O3. The monoisotopic (exact) mass is 312 g/mol. The van der Waals surface area contributed by atoms with Gasteiger partial charge in [0.15, 0.2) is 5.76 Å². The van der Waals surface area contributed by atoms with Gasteiger partial charge in [0, 0.05) is 17.3 Å². The third-order valence-corrected chi connectivity index (χ3v) is 4.13. The average molecular weight is 312 g/mol. The smallest absolute Gasteiger partial charge is 0.291 e. The minimum absolute atomic E-state index is 0.0945. The van der Waals surface area contributed by atoms with Crippen LogP contribution in [-0.2, 0) is 4.79 Å². The van der Waals surface area contributed by atoms with Crippen LogP contribution in [0.5, 0.6) is 0 Å². The van der Waals surface area contributed by atoms with Gasteiger partial charge in [-0.05, 0) is 49.2 Å². The molecule has 1 aliphatic carbocycles. The van der Waals surface area contributed by atoms with Crippen LogP contribution in [0, 0.1) is 5.92 Å². The van der Waals surface area contributed by atoms with Gasteiger partial charge in [-0.2, -0.15) is 0 Å². The van der Waals surface area contributed by atoms with Gasteiger partial charge >= 0.3 is 0 Å². The zero-order valence-electron chi connectivity index (χ0n) is 12.9. The number of furan rings is 1. The van der Waals surface area contributed by atoms with E-state index in [-0.39, 0.29) is 23.5 Å². The quantitative estimate of drug-likeness (QED) is 0.894. The summed E-state index contributed by atoms with van der Waals surface area (Å²) in [6, 6.07) is 10.4. The van der Waals surface area contributed by atoms with Crippen LogP contribution < -0.4 is 10.6 Å². The van der Waals surface area contributed by atoms with Gasteiger partial charge in [0.2, 0.25) is 5.91 Å². The molecule has 0 radical (unpaired) electrons. The summed E-state index contributed by atoms with van der Waals surface area (Å²) >= 11 is 0. The van der Waals surface area contributed by atoms with E-state index in [0.717, 1.165) is 31.4 Å². The van der Waals surface area contributed by atoms with E-state index in [9.17, 15) is 9.59 Å². The molecule has 2 N–H and O–H groups in total. The van der Waals surface area contributed by atoms with E-state index < -0.39 is 0 Å². The fraction of sp³-hybridized carbons (Fsp3) is 0.333. The van der Waals surface area contributed by atoms with Crippen molar-refractivity contribution in [3.05, 3.63) is 48.4 Å². The molecule has 1 aromatic carbocycles. The summed E-state index contributed by atoms with van der Waals surface area (Å²) in [4.78, 5) is 24.1. The van der Waals surface area contributed by atoms with Crippen LogP contribution in [0.15, 0.2) is 47.1 Å². The van der Waals surface area contributed by atoms with Crippen LogP contribution in [0.4, 0.5) is 11.4 Å². The average Bonchev–Trinajstić information content (AvgIpc) is 3.12. The molecule has 120 valence electrons. The van der Waals surface area contributed by atoms with Gasteiger partial charge in [0.1, 0.15) is 0 Å². The first-order valence-electron chi connectivity index (χ1n) is 7.98. The number of benzene rings is 1. The molecule has 1 saturated carbocycles. The fourth-order valence-corrected chi connectivity index (χ4v) is 2.85. The second-order valence-electron chi connectivity index (χ2n) is 5.83. The number of carbonyl (C=O) groups is 2. The molecule has 0 unspecified atom stereocenters. The van der Waals surface area contributed by atoms with Gasteiger partial charge in [-0.25, -0.2) is 0 Å². The number of nitrogens with one attached hydrogen (secondary N) is 2. The first kappa shape index (κ1) is 15.3. The molecule has 3 rings (SSSR count). The summed E-state index contributed by atoms with van der Waals surface area (Å²) in [6.45, 7) is 0. The number of hydrogen-bond acceptors (Lipinski definition) is 3. The largest absolute Gasteiger partial charge is 0.459 e. The van der Waals surface area contributed by atoms with Gasteiger partial charge in [0.05, 0.1) is 6.26 Å². The van der Waals surface area contributed by atoms with Crippen molar-refractivity contribution in [3.63, 3.8) is 0 Å². The van der Waals surface area contributed by atoms with Crippen LogP contribution in [0.1, 0.15) is 42.7 Å². The Bertz CT molecular complexity index is 656. The Morgan fingerprint density at radius 2 is 1.57 bits per heavy atom. The van der Waals surface area contributed by atoms with Crippen LogP contribution >= 0.6 is 0 Å². The molecule has 0 aliphatic heterocycles. The molecule has 5 heteroatoms. The molecule has 0 bridgehead atoms. The molecule has 0 atom stereocenters. The molecule has 1 fully saturated rings. The minimum Gasteiger partial charge on any atom is -0.459 e. The highest BCUT2D eigenvalue weighted by molar-refractivity contribution is 6.02. The third kappa shape index (κ3) is 4.00. The first-order valence-corrected chi connectivity index (χ1v) is 7.98. The van der Waals surface area contributed by atoms with E-state index >= 15 is 0 Å². The number of hydrogen-bond donors (Lipinski definition) is 2. The van der Waals surface area contributed by atoms with E-state index in [4.69, 9.17) is 4.42 Å². The molecule has 2 amide bonds. The lowest BCUT2D eigenvalue weighted by Gasteiger charge is -2.20. The van der Waals surface area contributed by atoms with E-state index in [2.05, 4.69) is 10.6 Å². The van der Waals surface area contributed by atoms with Crippen molar-refractivity contribution < 1.29 is 14.0 Å². The Morgan fingerprint density at radius 1 is 0.913 bits per heavy atom. The molecule has 2 aromatic rings. The van der Waals surface area contributed by atoms with Gasteiger partial charge in [0.25, 0.3) is 5.91 Å². The SMILES string of the molecule is O=C(Nc1ccc(NC(=O)C2CCCCC2)cc1)c1ccco1. The summed E-state index contributed by atoms with van der Waals surface area (Å²) in [5, 5.41) is 5.69. The number of rotatable bonds is 4. The predicted octanol–water partition coefficient (Wildman–Crippen LogP) is 4.05. The molecule has 1 heterocycles. The maximum absolute atomic E-state index is 12.2. The lowest BCUT2D eigenvalue weighted by Crippen LogP contribution is -2.24. The number of carbonyl (C=O) groups excluding carboxylic acids is 2. The highest BCUT2D eigenvalue weighted by atomic mass is 16.3. The van der Waals surface area contributed by atoms with Gasteiger partial charge in [-0.15, -0.1) is 0 Å². The van der Waals surface area contributed by atoms with Crippen molar-refractivity contribution in [1.82, 2.24) is 0 Å². The topological polar surface area (TPSA) is 71.3 Å². The highest BCUT2D eigenvalue weighted by Crippen LogP contribution is 2.25. The second kappa shape index (κ2) is 7.13. The molecule has 1 aromatic heterocycles. The fourth-order valence-electron chi connectivity index (χ4n) is 2.85. The van der Waals surface area contributed by atoms with Gasteiger partial charge in [-0.1, -0.05) is 19.3 Å². The summed E-state index contributed by atoms with van der Waals surface area (Å²) in [5.74, 6) is 0.188. The zero-order chi connectivity index (χ0) is 16.1. The molecule has 23 heavy (non-hydrogen) atoms. The predicted molar refractivity (Wildman–Crippen MR) is 88.3 cm³/mol. The summed E-state index contributed by atoms with van der Waals surface area (Å²) in [5.41, 5.74) is 1.40. The van der Waals surface area contributed by atoms with Crippen molar-refractivity contribution >= 4 is 23.2 Å². The molecule has 0 spiro atoms. The third-order valence-electron chi connectivity index (χ3n) is 4.13. The van der Waals surface area contributed by atoms with Crippen LogP contribution in [0.3, 0.4) is 0 Å². The first-order chi connectivity index (χ1) is 11.2. The van der Waals surface area contributed by atoms with Crippen molar-refractivity contribution in [2.45, 2.75) is 32.1 Å². The molecule has 5 nitrogen and oxygen atoms in total. The van der Waals surface area contributed by atoms with Gasteiger partial charge < -0.3 is 15.1 Å². The number of amides is 2. The molecule has 1 aliphatic rings. The Balaban J connectivity index is 1.56. The summed E-state index contributed by atoms with van der Waals surface area (Å²) < 4.78 is 5.04. The Kier molecular flexibility index (Phi) is 4.76. The summed E-state index contributed by atoms with van der Waals surface area (Å²) in [7, 11) is 0. The lowest BCUT2D eigenvalue weighted by molar-refractivity contribution is -0.120. The Morgan fingerprint density at radius 3 is 2.17 bits per heavy atom. The van der Waals surface area contributed by atoms with Crippen molar-refractivity contribution in [2.24, 2.45) is 5.92 Å². The van der Waals surface area contributed by atoms with E-state index in [1.54, 1.807) is 36.4 Å². The van der Waals surface area contributed by atoms with Crippen LogP contribution in [-0.4, -0.2) is 11.8 Å². The Hall–Kier alpha value is -2.56. The van der Waals surface area contributed by atoms with E-state index in [1.807, 2.05) is 0 Å². The zero-order valence-corrected chi connectivity index (χ0v) is 12.9. The van der Waals surface area contributed by atoms with E-state index in [1.165, 1.54) is 12.7 Å². The van der Waals surface area contributed by atoms with Crippen molar-refractivity contribution in [3.8, 4) is 0 Å². The lowest BCUT2D eigenvalue weighted by atomic mass is 9.88. The van der Waals surface area contributed by atoms with Crippen LogP contribution in [0.25, 0.3) is 0 Å². The highest BCUT2D eigenvalue weighted by Gasteiger charge is 2.20. The molecule has 0 saturated heterocycles. The Labute approximate surface area is 135 Å². The van der Waals surface area contributed by atoms with Crippen molar-refractivity contribution in [2.75, 3.05) is 10.6 Å². The second-order valence-corrected chi connectivity index (χ2v) is 5.83. The van der Waals surface area contributed by atoms with Gasteiger partial charge in [-0.3, -0.25) is 9.59 Å². The molecular weight excluding hydrogens is 292 g/mol. The maximum atomic E-state index is 12.2. The number of anilines is 2. The summed E-state index contributed by atoms with van der Waals surface area (Å²) in [6.07, 6.45) is 6.91. The van der Waals surface area contributed by atoms with Crippen LogP contribution in [0.2, 0.25) is 0 Å². The van der Waals surface area contributed by atoms with E-state index in [0.29, 0.717) is 5.69 Å². The minimum atomic E-state index is -0.297. The van der Waals surface area contributed by atoms with Crippen molar-refractivity contribution in [1.29, 1.82) is 0 Å². The maximum Gasteiger partial charge on any atom is 0.291 e.